The fraction of sp³-hybridized carbons (Fsp3) is 1.00. The highest BCUT2D eigenvalue weighted by molar-refractivity contribution is 5.16. The molecular formula is C50H83NO21. The van der Waals surface area contributed by atoms with Crippen molar-refractivity contribution in [2.24, 2.45) is 52.3 Å². The summed E-state index contributed by atoms with van der Waals surface area (Å²) in [5.74, 6) is 3.87. The van der Waals surface area contributed by atoms with E-state index in [2.05, 4.69) is 33.0 Å². The van der Waals surface area contributed by atoms with E-state index in [4.69, 9.17) is 42.6 Å². The van der Waals surface area contributed by atoms with Crippen LogP contribution in [0.3, 0.4) is 0 Å². The van der Waals surface area contributed by atoms with Gasteiger partial charge in [0.1, 0.15) is 97.3 Å². The number of hydrogen-bond acceptors (Lipinski definition) is 22. The Morgan fingerprint density at radius 3 is 1.88 bits per heavy atom. The van der Waals surface area contributed by atoms with Gasteiger partial charge < -0.3 is 104 Å². The van der Waals surface area contributed by atoms with Gasteiger partial charge in [-0.25, -0.2) is 0 Å². The highest BCUT2D eigenvalue weighted by Crippen LogP contribution is 2.71. The van der Waals surface area contributed by atoms with E-state index >= 15 is 0 Å². The predicted octanol–water partition coefficient (Wildman–Crippen LogP) is -2.70. The first-order valence-electron chi connectivity index (χ1n) is 26.8. The summed E-state index contributed by atoms with van der Waals surface area (Å²) in [6.07, 6.45) is -22.4. The normalized spacial score (nSPS) is 57.8. The zero-order chi connectivity index (χ0) is 51.3. The number of rotatable bonds is 11. The van der Waals surface area contributed by atoms with Crippen LogP contribution in [0.1, 0.15) is 91.9 Å². The zero-order valence-corrected chi connectivity index (χ0v) is 41.8. The number of aliphatic hydroxyl groups excluding tert-OH is 12. The highest BCUT2D eigenvalue weighted by atomic mass is 16.8. The molecule has 31 atom stereocenters. The molecule has 0 unspecified atom stereocenters. The van der Waals surface area contributed by atoms with Gasteiger partial charge in [-0.2, -0.15) is 0 Å². The van der Waals surface area contributed by atoms with Crippen molar-refractivity contribution in [3.63, 3.8) is 0 Å². The van der Waals surface area contributed by atoms with Crippen molar-refractivity contribution in [3.8, 4) is 0 Å². The summed E-state index contributed by atoms with van der Waals surface area (Å²) in [6.45, 7) is 7.84. The molecule has 4 aliphatic carbocycles. The second-order valence-corrected chi connectivity index (χ2v) is 24.0. The Bertz CT molecular complexity index is 1830. The molecule has 1 spiro atoms. The van der Waals surface area contributed by atoms with E-state index in [1.807, 2.05) is 0 Å². The molecule has 72 heavy (non-hydrogen) atoms. The van der Waals surface area contributed by atoms with E-state index < -0.39 is 143 Å². The largest absolute Gasteiger partial charge is 0.394 e. The monoisotopic (exact) mass is 1030 g/mol. The second-order valence-electron chi connectivity index (χ2n) is 24.0. The smallest absolute Gasteiger partial charge is 0.187 e. The fourth-order valence-corrected chi connectivity index (χ4v) is 16.1. The predicted molar refractivity (Wildman–Crippen MR) is 244 cm³/mol. The van der Waals surface area contributed by atoms with E-state index in [0.29, 0.717) is 47.8 Å². The van der Waals surface area contributed by atoms with Crippen molar-refractivity contribution < 1.29 is 104 Å². The molecule has 10 fully saturated rings. The molecule has 0 aromatic heterocycles. The van der Waals surface area contributed by atoms with Crippen LogP contribution in [0.25, 0.3) is 0 Å². The third-order valence-corrected chi connectivity index (χ3v) is 20.2. The number of piperidine rings is 1. The molecule has 0 radical (unpaired) electrons. The van der Waals surface area contributed by atoms with Crippen LogP contribution in [0.15, 0.2) is 0 Å². The first-order valence-corrected chi connectivity index (χ1v) is 26.8. The van der Waals surface area contributed by atoms with Crippen LogP contribution in [-0.4, -0.2) is 229 Å². The summed E-state index contributed by atoms with van der Waals surface area (Å²) in [5.41, 5.74) is 0.147. The molecule has 0 bridgehead atoms. The van der Waals surface area contributed by atoms with Crippen LogP contribution in [0.2, 0.25) is 0 Å². The lowest BCUT2D eigenvalue weighted by atomic mass is 9.44. The first kappa shape index (κ1) is 54.5. The molecule has 10 rings (SSSR count). The Morgan fingerprint density at radius 2 is 1.17 bits per heavy atom. The minimum atomic E-state index is -1.99. The summed E-state index contributed by atoms with van der Waals surface area (Å²) in [6, 6.07) is 0. The third-order valence-electron chi connectivity index (χ3n) is 20.2. The van der Waals surface area contributed by atoms with Crippen LogP contribution < -0.4 is 5.32 Å². The Hall–Kier alpha value is -0.880. The molecule has 0 aromatic carbocycles. The molecule has 10 aliphatic rings. The van der Waals surface area contributed by atoms with Gasteiger partial charge in [-0.05, 0) is 111 Å². The van der Waals surface area contributed by atoms with Crippen LogP contribution in [0, 0.1) is 52.3 Å². The van der Waals surface area contributed by atoms with Gasteiger partial charge in [0.2, 0.25) is 0 Å². The Kier molecular flexibility index (Phi) is 15.9. The van der Waals surface area contributed by atoms with Crippen LogP contribution >= 0.6 is 0 Å². The Morgan fingerprint density at radius 1 is 0.542 bits per heavy atom. The molecule has 0 amide bonds. The lowest BCUT2D eigenvalue weighted by Gasteiger charge is -2.61. The van der Waals surface area contributed by atoms with E-state index in [1.54, 1.807) is 0 Å². The molecule has 6 saturated heterocycles. The number of fused-ring (bicyclic) bond motifs is 7. The molecule has 22 nitrogen and oxygen atoms in total. The van der Waals surface area contributed by atoms with Crippen molar-refractivity contribution >= 4 is 0 Å². The maximum Gasteiger partial charge on any atom is 0.187 e. The maximum absolute atomic E-state index is 11.8. The molecule has 414 valence electrons. The summed E-state index contributed by atoms with van der Waals surface area (Å²) >= 11 is 0. The first-order chi connectivity index (χ1) is 34.3. The molecule has 22 heteroatoms. The third kappa shape index (κ3) is 9.26. The minimum absolute atomic E-state index is 0.104. The molecular weight excluding hydrogens is 951 g/mol. The average Bonchev–Trinajstić information content (AvgIpc) is 3.82. The summed E-state index contributed by atoms with van der Waals surface area (Å²) in [5, 5.41) is 133. The fourth-order valence-electron chi connectivity index (χ4n) is 16.1. The number of nitrogens with one attached hydrogen (secondary N) is 1. The van der Waals surface area contributed by atoms with Crippen LogP contribution in [0.5, 0.6) is 0 Å². The molecule has 6 heterocycles. The summed E-state index contributed by atoms with van der Waals surface area (Å²) in [7, 11) is 0. The number of hydrogen-bond donors (Lipinski definition) is 13. The lowest BCUT2D eigenvalue weighted by molar-refractivity contribution is -0.404. The van der Waals surface area contributed by atoms with Crippen molar-refractivity contribution in [1.29, 1.82) is 0 Å². The van der Waals surface area contributed by atoms with Crippen LogP contribution in [0.4, 0.5) is 0 Å². The lowest BCUT2D eigenvalue weighted by Crippen LogP contribution is -2.68. The number of ether oxygens (including phenoxy) is 9. The van der Waals surface area contributed by atoms with Crippen molar-refractivity contribution in [2.75, 3.05) is 33.0 Å². The van der Waals surface area contributed by atoms with E-state index in [0.717, 1.165) is 45.1 Å². The maximum atomic E-state index is 11.8. The van der Waals surface area contributed by atoms with Crippen molar-refractivity contribution in [1.82, 2.24) is 5.32 Å². The Balaban J connectivity index is 0.812. The van der Waals surface area contributed by atoms with E-state index in [-0.39, 0.29) is 28.8 Å². The molecule has 4 saturated carbocycles. The zero-order valence-electron chi connectivity index (χ0n) is 41.8. The molecule has 13 N–H and O–H groups in total. The Labute approximate surface area is 420 Å². The van der Waals surface area contributed by atoms with Gasteiger partial charge in [0.15, 0.2) is 25.2 Å². The SMILES string of the molecule is C[C@H]1CC[C@]2(NC1)O[C@@H]1C[C@H]3[C@H]4CC[C@@H]5C[C@H](O[C@@H]6O[C@H](CO)[C@@H](O[C@H]7O[C@@H](CO)[C@H](O)[C@@H](O[C@H]8OC[C@H](O)[C@@H](O)[C@@H]8O)[C@H]7O[C@H]7O[C@@H](CO)[C@H](O)[C@@H](O)[C@@H]7O)[C@H](O)[C@H]6O)CC[C@@]5(C)[C@@H]4CC[C@@]3(C)[C@@H]1[C@H]2C. The second kappa shape index (κ2) is 21.1. The van der Waals surface area contributed by atoms with Crippen molar-refractivity contribution in [3.05, 3.63) is 0 Å². The quantitative estimate of drug-likeness (QED) is 0.0937. The van der Waals surface area contributed by atoms with Gasteiger partial charge in [0.05, 0.1) is 38.6 Å². The molecule has 6 aliphatic heterocycles. The standard InChI is InChI=1S/C50H83NO21/c1-20-7-12-50(51-15-20)21(2)32-28(72-50)14-26-24-6-5-22-13-23(8-10-48(22,3)25(24)9-11-49(26,32)4)65-45-40(63)37(60)41(31(18-54)68-45)69-47-43(71-46-39(62)36(59)34(57)29(16-52)66-46)42(35(58)30(17-53)67-47)70-44-38(61)33(56)27(55)19-64-44/h20-47,51-63H,5-19H2,1-4H3/t20-,21+,22+,23+,24-,25+,26-,27-,28+,29-,30-,31+,32+,33+,34-,35-,36+,37+,38-,39-,40+,41+,42+,43+,44+,45+,46+,47+,48+,49+,50-/m0/s1. The van der Waals surface area contributed by atoms with Crippen LogP contribution in [-0.2, 0) is 42.6 Å². The summed E-state index contributed by atoms with van der Waals surface area (Å²) in [4.78, 5) is 0. The van der Waals surface area contributed by atoms with Gasteiger partial charge in [0.25, 0.3) is 0 Å². The van der Waals surface area contributed by atoms with Gasteiger partial charge in [-0.1, -0.05) is 27.7 Å². The minimum Gasteiger partial charge on any atom is -0.394 e. The summed E-state index contributed by atoms with van der Waals surface area (Å²) < 4.78 is 55.0. The molecule has 0 aromatic rings. The van der Waals surface area contributed by atoms with Gasteiger partial charge >= 0.3 is 0 Å². The van der Waals surface area contributed by atoms with E-state index in [9.17, 15) is 61.3 Å². The van der Waals surface area contributed by atoms with E-state index in [1.165, 1.54) is 19.3 Å². The average molecular weight is 1030 g/mol. The van der Waals surface area contributed by atoms with Gasteiger partial charge in [0, 0.05) is 12.5 Å². The topological polar surface area (TPSA) is 338 Å². The van der Waals surface area contributed by atoms with Crippen molar-refractivity contribution in [2.45, 2.75) is 227 Å². The van der Waals surface area contributed by atoms with Gasteiger partial charge in [-0.15, -0.1) is 0 Å². The highest BCUT2D eigenvalue weighted by Gasteiger charge is 2.69. The van der Waals surface area contributed by atoms with Gasteiger partial charge in [-0.3, -0.25) is 5.32 Å². The number of aliphatic hydroxyl groups is 12.